The molecule has 0 unspecified atom stereocenters. The fourth-order valence-electron chi connectivity index (χ4n) is 3.93. The van der Waals surface area contributed by atoms with Crippen molar-refractivity contribution in [1.82, 2.24) is 24.2 Å². The normalized spacial score (nSPS) is 11.9. The van der Waals surface area contributed by atoms with Crippen molar-refractivity contribution in [2.24, 2.45) is 7.05 Å². The average Bonchev–Trinajstić information content (AvgIpc) is 3.46. The molecule has 1 atom stereocenters. The molecule has 32 heavy (non-hydrogen) atoms. The molecule has 0 aliphatic heterocycles. The summed E-state index contributed by atoms with van der Waals surface area (Å²) in [5.74, 6) is -0.205. The molecule has 0 saturated heterocycles. The molecule has 164 valence electrons. The monoisotopic (exact) mass is 429 g/mol. The van der Waals surface area contributed by atoms with Gasteiger partial charge in [0.05, 0.1) is 5.56 Å². The Balaban J connectivity index is 1.50. The van der Waals surface area contributed by atoms with E-state index < -0.39 is 0 Å². The van der Waals surface area contributed by atoms with Crippen molar-refractivity contribution >= 4 is 17.5 Å². The van der Waals surface area contributed by atoms with Gasteiger partial charge in [-0.3, -0.25) is 9.59 Å². The number of hydrogen-bond acceptors (Lipinski definition) is 3. The Bertz CT molecular complexity index is 1210. The fraction of sp³-hybridized carbons (Fsp3) is 0.240. The number of likely N-dealkylation sites (N-methyl/N-ethyl adjacent to an activating group) is 1. The summed E-state index contributed by atoms with van der Waals surface area (Å²) in [7, 11) is 3.66. The Morgan fingerprint density at radius 1 is 1.03 bits per heavy atom. The minimum Gasteiger partial charge on any atom is -0.351 e. The van der Waals surface area contributed by atoms with Crippen molar-refractivity contribution in [3.8, 4) is 0 Å². The van der Waals surface area contributed by atoms with Gasteiger partial charge in [0.15, 0.2) is 0 Å². The van der Waals surface area contributed by atoms with Crippen molar-refractivity contribution in [1.29, 1.82) is 0 Å². The number of nitrogens with one attached hydrogen (secondary N) is 1. The first-order valence-corrected chi connectivity index (χ1v) is 10.7. The number of aryl methyl sites for hydroxylation is 1. The van der Waals surface area contributed by atoms with Crippen LogP contribution < -0.4 is 5.32 Å². The summed E-state index contributed by atoms with van der Waals surface area (Å²) in [6.45, 7) is 0.465. The first-order chi connectivity index (χ1) is 15.5. The van der Waals surface area contributed by atoms with Gasteiger partial charge in [-0.15, -0.1) is 0 Å². The van der Waals surface area contributed by atoms with Crippen LogP contribution in [0.2, 0.25) is 0 Å². The predicted octanol–water partition coefficient (Wildman–Crippen LogP) is 3.18. The number of fused-ring (bicyclic) bond motifs is 1. The maximum atomic E-state index is 13.4. The number of amides is 2. The van der Waals surface area contributed by atoms with E-state index in [1.807, 2.05) is 67.4 Å². The van der Waals surface area contributed by atoms with Gasteiger partial charge in [0.1, 0.15) is 11.3 Å². The average molecular weight is 430 g/mol. The number of rotatable bonds is 8. The second-order valence-corrected chi connectivity index (χ2v) is 7.89. The largest absolute Gasteiger partial charge is 0.351 e. The Hall–Kier alpha value is -3.87. The lowest BCUT2D eigenvalue weighted by Crippen LogP contribution is -2.41. The molecule has 7 nitrogen and oxygen atoms in total. The third-order valence-corrected chi connectivity index (χ3v) is 5.77. The van der Waals surface area contributed by atoms with Crippen LogP contribution in [0.15, 0.2) is 79.4 Å². The maximum absolute atomic E-state index is 13.4. The second-order valence-electron chi connectivity index (χ2n) is 7.89. The van der Waals surface area contributed by atoms with Crippen LogP contribution in [0.5, 0.6) is 0 Å². The molecule has 0 bridgehead atoms. The summed E-state index contributed by atoms with van der Waals surface area (Å²) in [5.41, 5.74) is 2.95. The van der Waals surface area contributed by atoms with Gasteiger partial charge >= 0.3 is 0 Å². The molecule has 0 spiro atoms. The van der Waals surface area contributed by atoms with Gasteiger partial charge in [0.25, 0.3) is 11.8 Å². The topological polar surface area (TPSA) is 71.6 Å². The van der Waals surface area contributed by atoms with E-state index in [1.165, 1.54) is 0 Å². The van der Waals surface area contributed by atoms with Gasteiger partial charge in [-0.05, 0) is 42.7 Å². The van der Waals surface area contributed by atoms with Crippen LogP contribution >= 0.6 is 0 Å². The molecule has 4 rings (SSSR count). The van der Waals surface area contributed by atoms with Gasteiger partial charge in [0.2, 0.25) is 0 Å². The molecule has 0 aliphatic carbocycles. The van der Waals surface area contributed by atoms with E-state index in [1.54, 1.807) is 27.8 Å². The SMILES string of the molecule is CN(C(=O)c1cccn2ccnc12)[C@H](CCNC(=O)c1cccn1C)Cc1ccccc1. The molecular formula is C25H27N5O2. The first-order valence-electron chi connectivity index (χ1n) is 10.7. The molecule has 1 N–H and O–H groups in total. The lowest BCUT2D eigenvalue weighted by Gasteiger charge is -2.29. The fourth-order valence-corrected chi connectivity index (χ4v) is 3.93. The summed E-state index contributed by atoms with van der Waals surface area (Å²) in [6.07, 6.45) is 8.56. The number of nitrogens with zero attached hydrogens (tertiary/aromatic N) is 4. The highest BCUT2D eigenvalue weighted by molar-refractivity contribution is 5.99. The van der Waals surface area contributed by atoms with Crippen molar-refractivity contribution in [3.63, 3.8) is 0 Å². The van der Waals surface area contributed by atoms with E-state index in [0.29, 0.717) is 36.3 Å². The van der Waals surface area contributed by atoms with Crippen molar-refractivity contribution < 1.29 is 9.59 Å². The summed E-state index contributed by atoms with van der Waals surface area (Å²) in [4.78, 5) is 32.0. The molecule has 7 heteroatoms. The summed E-state index contributed by atoms with van der Waals surface area (Å²) in [5, 5.41) is 2.99. The number of carbonyl (C=O) groups is 2. The molecule has 0 radical (unpaired) electrons. The summed E-state index contributed by atoms with van der Waals surface area (Å²) < 4.78 is 3.63. The van der Waals surface area contributed by atoms with E-state index in [-0.39, 0.29) is 17.9 Å². The van der Waals surface area contributed by atoms with Crippen LogP contribution in [0.25, 0.3) is 5.65 Å². The molecule has 0 fully saturated rings. The zero-order valence-electron chi connectivity index (χ0n) is 18.3. The van der Waals surface area contributed by atoms with Crippen LogP contribution in [0.3, 0.4) is 0 Å². The van der Waals surface area contributed by atoms with Gasteiger partial charge in [-0.25, -0.2) is 4.98 Å². The molecule has 3 aromatic heterocycles. The maximum Gasteiger partial charge on any atom is 0.267 e. The first kappa shape index (κ1) is 21.4. The number of aromatic nitrogens is 3. The zero-order valence-corrected chi connectivity index (χ0v) is 18.3. The predicted molar refractivity (Wildman–Crippen MR) is 124 cm³/mol. The zero-order chi connectivity index (χ0) is 22.5. The Labute approximate surface area is 187 Å². The van der Waals surface area contributed by atoms with Crippen LogP contribution in [0.4, 0.5) is 0 Å². The van der Waals surface area contributed by atoms with E-state index in [4.69, 9.17) is 0 Å². The van der Waals surface area contributed by atoms with Gasteiger partial charge in [-0.1, -0.05) is 30.3 Å². The van der Waals surface area contributed by atoms with Gasteiger partial charge in [0, 0.05) is 51.5 Å². The number of carbonyl (C=O) groups excluding carboxylic acids is 2. The van der Waals surface area contributed by atoms with Crippen LogP contribution in [0, 0.1) is 0 Å². The van der Waals surface area contributed by atoms with Gasteiger partial charge < -0.3 is 19.2 Å². The van der Waals surface area contributed by atoms with E-state index in [0.717, 1.165) is 5.56 Å². The lowest BCUT2D eigenvalue weighted by molar-refractivity contribution is 0.0724. The van der Waals surface area contributed by atoms with Crippen LogP contribution in [0.1, 0.15) is 32.8 Å². The van der Waals surface area contributed by atoms with Crippen LogP contribution in [-0.2, 0) is 13.5 Å². The Kier molecular flexibility index (Phi) is 6.35. The summed E-state index contributed by atoms with van der Waals surface area (Å²) >= 11 is 0. The highest BCUT2D eigenvalue weighted by Gasteiger charge is 2.24. The third-order valence-electron chi connectivity index (χ3n) is 5.77. The molecule has 0 aliphatic rings. The molecular weight excluding hydrogens is 402 g/mol. The van der Waals surface area contributed by atoms with E-state index in [9.17, 15) is 9.59 Å². The van der Waals surface area contributed by atoms with Crippen LogP contribution in [-0.4, -0.2) is 50.3 Å². The molecule has 4 aromatic rings. The molecule has 3 heterocycles. The smallest absolute Gasteiger partial charge is 0.267 e. The Morgan fingerprint density at radius 2 is 1.81 bits per heavy atom. The molecule has 2 amide bonds. The summed E-state index contributed by atoms with van der Waals surface area (Å²) in [6, 6.07) is 17.3. The third kappa shape index (κ3) is 4.56. The number of pyridine rings is 1. The Morgan fingerprint density at radius 3 is 2.56 bits per heavy atom. The standard InChI is InChI=1S/C25H27N5O2/c1-28-15-7-11-22(28)24(31)27-13-12-20(18-19-8-4-3-5-9-19)29(2)25(32)21-10-6-16-30-17-14-26-23(21)30/h3-11,14-17,20H,12-13,18H2,1-2H3,(H,27,31)/t20-/m1/s1. The number of hydrogen-bond donors (Lipinski definition) is 1. The van der Waals surface area contributed by atoms with Crippen molar-refractivity contribution in [3.05, 3.63) is 96.2 Å². The minimum atomic E-state index is -0.118. The lowest BCUT2D eigenvalue weighted by atomic mass is 10.0. The number of benzene rings is 1. The molecule has 1 aromatic carbocycles. The quantitative estimate of drug-likeness (QED) is 0.468. The molecule has 0 saturated carbocycles. The van der Waals surface area contributed by atoms with Crippen molar-refractivity contribution in [2.45, 2.75) is 18.9 Å². The second kappa shape index (κ2) is 9.51. The number of imidazole rings is 1. The van der Waals surface area contributed by atoms with Crippen molar-refractivity contribution in [2.75, 3.05) is 13.6 Å². The van der Waals surface area contributed by atoms with E-state index in [2.05, 4.69) is 22.4 Å². The minimum absolute atomic E-state index is 0.0866. The van der Waals surface area contributed by atoms with E-state index >= 15 is 0 Å². The highest BCUT2D eigenvalue weighted by Crippen LogP contribution is 2.17. The van der Waals surface area contributed by atoms with Gasteiger partial charge in [-0.2, -0.15) is 0 Å². The highest BCUT2D eigenvalue weighted by atomic mass is 16.2.